The van der Waals surface area contributed by atoms with E-state index in [-0.39, 0.29) is 0 Å². The lowest BCUT2D eigenvalue weighted by atomic mass is 9.87. The van der Waals surface area contributed by atoms with Crippen LogP contribution < -0.4 is 10.1 Å². The Balaban J connectivity index is 1.80. The van der Waals surface area contributed by atoms with Gasteiger partial charge in [0, 0.05) is 0 Å². The fourth-order valence-electron chi connectivity index (χ4n) is 2.83. The Morgan fingerprint density at radius 3 is 3.05 bits per heavy atom. The van der Waals surface area contributed by atoms with Crippen molar-refractivity contribution in [3.63, 3.8) is 0 Å². The highest BCUT2D eigenvalue weighted by atomic mass is 16.5. The summed E-state index contributed by atoms with van der Waals surface area (Å²) in [4.78, 5) is 0. The number of hydrogen-bond donors (Lipinski definition) is 1. The second kappa shape index (κ2) is 7.54. The lowest BCUT2D eigenvalue weighted by Gasteiger charge is -2.26. The van der Waals surface area contributed by atoms with E-state index in [1.165, 1.54) is 31.2 Å². The molecule has 2 atom stereocenters. The smallest absolute Gasteiger partial charge is 0.122 e. The van der Waals surface area contributed by atoms with E-state index in [0.717, 1.165) is 31.4 Å². The van der Waals surface area contributed by atoms with Gasteiger partial charge in [-0.25, -0.2) is 0 Å². The first-order chi connectivity index (χ1) is 9.31. The minimum absolute atomic E-state index is 0.693. The molecule has 1 aromatic rings. The largest absolute Gasteiger partial charge is 0.493 e. The zero-order chi connectivity index (χ0) is 13.5. The quantitative estimate of drug-likeness (QED) is 0.750. The summed E-state index contributed by atoms with van der Waals surface area (Å²) >= 11 is 0. The highest BCUT2D eigenvalue weighted by molar-refractivity contribution is 5.37. The van der Waals surface area contributed by atoms with Gasteiger partial charge in [-0.15, -0.1) is 0 Å². The number of benzene rings is 1. The van der Waals surface area contributed by atoms with Gasteiger partial charge in [-0.3, -0.25) is 0 Å². The summed E-state index contributed by atoms with van der Waals surface area (Å²) in [7, 11) is 0. The van der Waals surface area contributed by atoms with Crippen molar-refractivity contribution in [1.29, 1.82) is 0 Å². The summed E-state index contributed by atoms with van der Waals surface area (Å²) in [6.07, 6.45) is 4.98. The molecule has 0 amide bonds. The molecule has 1 N–H and O–H groups in total. The summed E-state index contributed by atoms with van der Waals surface area (Å²) in [5, 5.41) is 3.52. The first-order valence-electron chi connectivity index (χ1n) is 7.73. The molecule has 1 aliphatic rings. The van der Waals surface area contributed by atoms with Crippen LogP contribution in [-0.2, 0) is 0 Å². The molecule has 19 heavy (non-hydrogen) atoms. The Kier molecular flexibility index (Phi) is 5.71. The fourth-order valence-corrected chi connectivity index (χ4v) is 2.83. The molecule has 2 unspecified atom stereocenters. The average Bonchev–Trinajstić information content (AvgIpc) is 2.45. The van der Waals surface area contributed by atoms with Crippen LogP contribution in [-0.4, -0.2) is 19.7 Å². The summed E-state index contributed by atoms with van der Waals surface area (Å²) in [5.41, 5.74) is 1.42. The number of hydrogen-bond acceptors (Lipinski definition) is 2. The van der Waals surface area contributed by atoms with Crippen molar-refractivity contribution in [3.05, 3.63) is 29.8 Å². The second-order valence-electron chi connectivity index (χ2n) is 5.76. The van der Waals surface area contributed by atoms with Gasteiger partial charge in [0.2, 0.25) is 0 Å². The molecule has 1 aliphatic heterocycles. The van der Waals surface area contributed by atoms with Crippen molar-refractivity contribution in [1.82, 2.24) is 5.32 Å². The second-order valence-corrected chi connectivity index (χ2v) is 5.76. The Labute approximate surface area is 117 Å². The molecule has 2 heteroatoms. The van der Waals surface area contributed by atoms with Gasteiger partial charge in [0.05, 0.1) is 6.61 Å². The van der Waals surface area contributed by atoms with E-state index in [2.05, 4.69) is 43.4 Å². The summed E-state index contributed by atoms with van der Waals surface area (Å²) in [6, 6.07) is 8.54. The summed E-state index contributed by atoms with van der Waals surface area (Å²) in [6.45, 7) is 7.75. The van der Waals surface area contributed by atoms with E-state index in [4.69, 9.17) is 4.74 Å². The third kappa shape index (κ3) is 4.24. The molecular formula is C17H27NO. The number of fused-ring (bicyclic) bond motifs is 1. The zero-order valence-corrected chi connectivity index (χ0v) is 12.3. The molecule has 0 saturated carbocycles. The van der Waals surface area contributed by atoms with E-state index in [9.17, 15) is 0 Å². The summed E-state index contributed by atoms with van der Waals surface area (Å²) < 4.78 is 5.73. The topological polar surface area (TPSA) is 21.3 Å². The van der Waals surface area contributed by atoms with Gasteiger partial charge in [-0.05, 0) is 62.2 Å². The van der Waals surface area contributed by atoms with Crippen LogP contribution in [0.4, 0.5) is 0 Å². The monoisotopic (exact) mass is 261 g/mol. The van der Waals surface area contributed by atoms with Crippen LogP contribution in [0.3, 0.4) is 0 Å². The molecule has 2 rings (SSSR count). The van der Waals surface area contributed by atoms with Crippen LogP contribution in [0.5, 0.6) is 5.75 Å². The van der Waals surface area contributed by atoms with Crippen molar-refractivity contribution >= 4 is 0 Å². The highest BCUT2D eigenvalue weighted by Gasteiger charge is 2.21. The third-order valence-electron chi connectivity index (χ3n) is 4.01. The maximum absolute atomic E-state index is 5.73. The number of ether oxygens (including phenoxy) is 1. The molecule has 0 spiro atoms. The molecule has 1 aromatic carbocycles. The van der Waals surface area contributed by atoms with E-state index in [0.29, 0.717) is 5.92 Å². The molecular weight excluding hydrogens is 234 g/mol. The molecule has 2 nitrogen and oxygen atoms in total. The summed E-state index contributed by atoms with van der Waals surface area (Å²) in [5.74, 6) is 2.57. The Hall–Kier alpha value is -1.02. The van der Waals surface area contributed by atoms with Gasteiger partial charge >= 0.3 is 0 Å². The van der Waals surface area contributed by atoms with Crippen LogP contribution in [0.25, 0.3) is 0 Å². The maximum atomic E-state index is 5.73. The SMILES string of the molecule is CCCNCC(C)CCC1CCOc2ccccc21. The zero-order valence-electron chi connectivity index (χ0n) is 12.3. The molecule has 0 aromatic heterocycles. The average molecular weight is 261 g/mol. The van der Waals surface area contributed by atoms with Crippen molar-refractivity contribution < 1.29 is 4.74 Å². The van der Waals surface area contributed by atoms with E-state index < -0.39 is 0 Å². The van der Waals surface area contributed by atoms with Crippen LogP contribution in [0.2, 0.25) is 0 Å². The Morgan fingerprint density at radius 2 is 2.21 bits per heavy atom. The van der Waals surface area contributed by atoms with Crippen LogP contribution in [0, 0.1) is 5.92 Å². The number of nitrogens with one attached hydrogen (secondary N) is 1. The van der Waals surface area contributed by atoms with E-state index in [1.807, 2.05) is 0 Å². The molecule has 106 valence electrons. The fraction of sp³-hybridized carbons (Fsp3) is 0.647. The first-order valence-corrected chi connectivity index (χ1v) is 7.73. The standard InChI is InChI=1S/C17H27NO/c1-3-11-18-13-14(2)8-9-15-10-12-19-17-7-5-4-6-16(15)17/h4-7,14-15,18H,3,8-13H2,1-2H3. The molecule has 0 fully saturated rings. The third-order valence-corrected chi connectivity index (χ3v) is 4.01. The van der Waals surface area contributed by atoms with Crippen molar-refractivity contribution in [2.24, 2.45) is 5.92 Å². The highest BCUT2D eigenvalue weighted by Crippen LogP contribution is 2.36. The minimum Gasteiger partial charge on any atom is -0.493 e. The lowest BCUT2D eigenvalue weighted by molar-refractivity contribution is 0.258. The number of rotatable bonds is 7. The lowest BCUT2D eigenvalue weighted by Crippen LogP contribution is -2.22. The normalized spacial score (nSPS) is 19.6. The molecule has 0 bridgehead atoms. The van der Waals surface area contributed by atoms with Gasteiger partial charge in [-0.2, -0.15) is 0 Å². The predicted molar refractivity (Wildman–Crippen MR) is 80.9 cm³/mol. The van der Waals surface area contributed by atoms with Crippen LogP contribution in [0.1, 0.15) is 51.0 Å². The van der Waals surface area contributed by atoms with Gasteiger partial charge in [0.1, 0.15) is 5.75 Å². The predicted octanol–water partition coefficient (Wildman–Crippen LogP) is 3.97. The van der Waals surface area contributed by atoms with Crippen molar-refractivity contribution in [2.45, 2.75) is 45.4 Å². The Bertz CT molecular complexity index is 377. The van der Waals surface area contributed by atoms with Crippen LogP contribution >= 0.6 is 0 Å². The first kappa shape index (κ1) is 14.4. The van der Waals surface area contributed by atoms with Gasteiger partial charge in [0.25, 0.3) is 0 Å². The van der Waals surface area contributed by atoms with E-state index >= 15 is 0 Å². The molecule has 0 saturated heterocycles. The van der Waals surface area contributed by atoms with Gasteiger partial charge in [-0.1, -0.05) is 32.0 Å². The number of para-hydroxylation sites is 1. The van der Waals surface area contributed by atoms with E-state index in [1.54, 1.807) is 0 Å². The van der Waals surface area contributed by atoms with Crippen molar-refractivity contribution in [2.75, 3.05) is 19.7 Å². The molecule has 1 heterocycles. The molecule has 0 aliphatic carbocycles. The van der Waals surface area contributed by atoms with Crippen molar-refractivity contribution in [3.8, 4) is 5.75 Å². The van der Waals surface area contributed by atoms with Crippen LogP contribution in [0.15, 0.2) is 24.3 Å². The maximum Gasteiger partial charge on any atom is 0.122 e. The van der Waals surface area contributed by atoms with Gasteiger partial charge in [0.15, 0.2) is 0 Å². The molecule has 0 radical (unpaired) electrons. The van der Waals surface area contributed by atoms with Gasteiger partial charge < -0.3 is 10.1 Å². The minimum atomic E-state index is 0.693. The Morgan fingerprint density at radius 1 is 1.37 bits per heavy atom.